The molecule has 1 heterocycles. The maximum absolute atomic E-state index is 12.2. The van der Waals surface area contributed by atoms with Gasteiger partial charge in [-0.1, -0.05) is 6.07 Å². The summed E-state index contributed by atoms with van der Waals surface area (Å²) < 4.78 is 15.8. The van der Waals surface area contributed by atoms with Gasteiger partial charge in [0.25, 0.3) is 5.91 Å². The van der Waals surface area contributed by atoms with Gasteiger partial charge in [0.15, 0.2) is 0 Å². The van der Waals surface area contributed by atoms with Crippen LogP contribution in [0.4, 0.5) is 5.69 Å². The molecule has 2 aromatic rings. The average molecular weight is 304 g/mol. The number of rotatable bonds is 7. The van der Waals surface area contributed by atoms with Crippen molar-refractivity contribution < 1.29 is 18.7 Å². The van der Waals surface area contributed by atoms with Crippen LogP contribution in [0.2, 0.25) is 0 Å². The number of amides is 1. The number of nitrogens with one attached hydrogen (secondary N) is 1. The average Bonchev–Trinajstić information content (AvgIpc) is 2.99. The molecule has 3 N–H and O–H groups in total. The van der Waals surface area contributed by atoms with E-state index in [2.05, 4.69) is 5.32 Å². The Kier molecular flexibility index (Phi) is 5.57. The van der Waals surface area contributed by atoms with Crippen molar-refractivity contribution in [2.75, 3.05) is 25.6 Å². The minimum atomic E-state index is -0.274. The third kappa shape index (κ3) is 4.09. The highest BCUT2D eigenvalue weighted by atomic mass is 16.5. The lowest BCUT2D eigenvalue weighted by Gasteiger charge is -2.12. The van der Waals surface area contributed by atoms with E-state index in [1.165, 1.54) is 6.26 Å². The van der Waals surface area contributed by atoms with Crippen LogP contribution >= 0.6 is 0 Å². The summed E-state index contributed by atoms with van der Waals surface area (Å²) in [5.74, 6) is 0.891. The number of hydrogen-bond acceptors (Lipinski definition) is 5. The lowest BCUT2D eigenvalue weighted by atomic mass is 10.2. The summed E-state index contributed by atoms with van der Waals surface area (Å²) in [6, 6.07) is 7.19. The summed E-state index contributed by atoms with van der Waals surface area (Å²) in [4.78, 5) is 12.2. The van der Waals surface area contributed by atoms with Gasteiger partial charge in [-0.05, 0) is 30.7 Å². The fourth-order valence-corrected chi connectivity index (χ4v) is 1.89. The number of hydrogen-bond donors (Lipinski definition) is 2. The van der Waals surface area contributed by atoms with Crippen molar-refractivity contribution in [1.29, 1.82) is 0 Å². The first-order valence-electron chi connectivity index (χ1n) is 6.95. The van der Waals surface area contributed by atoms with Crippen LogP contribution in [-0.2, 0) is 11.3 Å². The first-order valence-corrected chi connectivity index (χ1v) is 6.95. The minimum absolute atomic E-state index is 0.253. The molecule has 0 saturated carbocycles. The quantitative estimate of drug-likeness (QED) is 0.767. The summed E-state index contributed by atoms with van der Waals surface area (Å²) >= 11 is 0. The van der Waals surface area contributed by atoms with E-state index in [4.69, 9.17) is 19.6 Å². The second-order valence-electron chi connectivity index (χ2n) is 4.80. The standard InChI is InChI=1S/C16H20N2O4/c1-11-3-4-14(15(7-11)21-6-5-20-2)18-16(19)12-8-13(9-17)22-10-12/h3-4,7-8,10H,5-6,9,17H2,1-2H3,(H,18,19). The number of carbonyl (C=O) groups is 1. The molecular formula is C16H20N2O4. The molecule has 0 atom stereocenters. The van der Waals surface area contributed by atoms with Gasteiger partial charge in [-0.25, -0.2) is 0 Å². The molecule has 0 unspecified atom stereocenters. The fourth-order valence-electron chi connectivity index (χ4n) is 1.89. The van der Waals surface area contributed by atoms with E-state index in [1.54, 1.807) is 19.2 Å². The van der Waals surface area contributed by atoms with E-state index >= 15 is 0 Å². The molecule has 0 saturated heterocycles. The number of ether oxygens (including phenoxy) is 2. The smallest absolute Gasteiger partial charge is 0.259 e. The molecule has 2 rings (SSSR count). The molecule has 6 heteroatoms. The van der Waals surface area contributed by atoms with E-state index in [0.717, 1.165) is 5.56 Å². The number of anilines is 1. The zero-order valence-corrected chi connectivity index (χ0v) is 12.7. The van der Waals surface area contributed by atoms with Crippen molar-refractivity contribution in [3.63, 3.8) is 0 Å². The second-order valence-corrected chi connectivity index (χ2v) is 4.80. The maximum atomic E-state index is 12.2. The van der Waals surface area contributed by atoms with Crippen LogP contribution in [0.5, 0.6) is 5.75 Å². The van der Waals surface area contributed by atoms with Gasteiger partial charge in [-0.2, -0.15) is 0 Å². The van der Waals surface area contributed by atoms with Gasteiger partial charge >= 0.3 is 0 Å². The highest BCUT2D eigenvalue weighted by Gasteiger charge is 2.13. The molecule has 0 bridgehead atoms. The van der Waals surface area contributed by atoms with Gasteiger partial charge in [-0.15, -0.1) is 0 Å². The lowest BCUT2D eigenvalue weighted by Crippen LogP contribution is -2.13. The number of furan rings is 1. The minimum Gasteiger partial charge on any atom is -0.489 e. The predicted molar refractivity (Wildman–Crippen MR) is 83.1 cm³/mol. The molecule has 22 heavy (non-hydrogen) atoms. The third-order valence-corrected chi connectivity index (χ3v) is 3.05. The van der Waals surface area contributed by atoms with Crippen LogP contribution in [0.25, 0.3) is 0 Å². The summed E-state index contributed by atoms with van der Waals surface area (Å²) in [5, 5.41) is 2.81. The fraction of sp³-hybridized carbons (Fsp3) is 0.312. The number of nitrogens with two attached hydrogens (primary N) is 1. The molecule has 0 aliphatic carbocycles. The number of benzene rings is 1. The molecular weight excluding hydrogens is 284 g/mol. The first-order chi connectivity index (χ1) is 10.6. The summed E-state index contributed by atoms with van der Waals surface area (Å²) in [6.45, 7) is 3.09. The zero-order valence-electron chi connectivity index (χ0n) is 12.7. The van der Waals surface area contributed by atoms with Gasteiger partial charge in [-0.3, -0.25) is 4.79 Å². The topological polar surface area (TPSA) is 86.7 Å². The van der Waals surface area contributed by atoms with Crippen molar-refractivity contribution >= 4 is 11.6 Å². The molecule has 1 aromatic heterocycles. The Bertz CT molecular complexity index is 637. The Hall–Kier alpha value is -2.31. The number of methoxy groups -OCH3 is 1. The lowest BCUT2D eigenvalue weighted by molar-refractivity contribution is 0.102. The summed E-state index contributed by atoms with van der Waals surface area (Å²) in [6.07, 6.45) is 1.39. The zero-order chi connectivity index (χ0) is 15.9. The van der Waals surface area contributed by atoms with Crippen LogP contribution in [0, 0.1) is 6.92 Å². The maximum Gasteiger partial charge on any atom is 0.259 e. The summed E-state index contributed by atoms with van der Waals surface area (Å²) in [5.41, 5.74) is 7.53. The molecule has 1 aromatic carbocycles. The SMILES string of the molecule is COCCOc1cc(C)ccc1NC(=O)c1coc(CN)c1. The molecule has 1 amide bonds. The monoisotopic (exact) mass is 304 g/mol. The highest BCUT2D eigenvalue weighted by Crippen LogP contribution is 2.26. The number of carbonyl (C=O) groups excluding carboxylic acids is 1. The highest BCUT2D eigenvalue weighted by molar-refractivity contribution is 6.04. The normalized spacial score (nSPS) is 10.5. The van der Waals surface area contributed by atoms with Crippen LogP contribution < -0.4 is 15.8 Å². The summed E-state index contributed by atoms with van der Waals surface area (Å²) in [7, 11) is 1.61. The second kappa shape index (κ2) is 7.63. The molecule has 0 fully saturated rings. The van der Waals surface area contributed by atoms with Crippen molar-refractivity contribution in [3.8, 4) is 5.75 Å². The van der Waals surface area contributed by atoms with Crippen molar-refractivity contribution in [2.24, 2.45) is 5.73 Å². The Morgan fingerprint density at radius 1 is 1.32 bits per heavy atom. The first kappa shape index (κ1) is 16.1. The van der Waals surface area contributed by atoms with E-state index in [-0.39, 0.29) is 12.5 Å². The molecule has 0 aliphatic rings. The van der Waals surface area contributed by atoms with Gasteiger partial charge in [0.1, 0.15) is 24.4 Å². The van der Waals surface area contributed by atoms with Crippen LogP contribution in [-0.4, -0.2) is 26.2 Å². The van der Waals surface area contributed by atoms with Crippen molar-refractivity contribution in [1.82, 2.24) is 0 Å². The Morgan fingerprint density at radius 3 is 2.82 bits per heavy atom. The largest absolute Gasteiger partial charge is 0.489 e. The third-order valence-electron chi connectivity index (χ3n) is 3.05. The Morgan fingerprint density at radius 2 is 2.14 bits per heavy atom. The molecule has 0 aliphatic heterocycles. The van der Waals surface area contributed by atoms with Gasteiger partial charge < -0.3 is 24.9 Å². The predicted octanol–water partition coefficient (Wildman–Crippen LogP) is 2.32. The van der Waals surface area contributed by atoms with E-state index in [9.17, 15) is 4.79 Å². The van der Waals surface area contributed by atoms with Crippen molar-refractivity contribution in [2.45, 2.75) is 13.5 Å². The molecule has 0 spiro atoms. The molecule has 118 valence electrons. The Labute approximate surface area is 129 Å². The molecule has 0 radical (unpaired) electrons. The van der Waals surface area contributed by atoms with E-state index in [0.29, 0.717) is 36.0 Å². The van der Waals surface area contributed by atoms with E-state index in [1.807, 2.05) is 19.1 Å². The van der Waals surface area contributed by atoms with E-state index < -0.39 is 0 Å². The number of aryl methyl sites for hydroxylation is 1. The van der Waals surface area contributed by atoms with Crippen molar-refractivity contribution in [3.05, 3.63) is 47.4 Å². The van der Waals surface area contributed by atoms with Gasteiger partial charge in [0.2, 0.25) is 0 Å². The Balaban J connectivity index is 2.12. The van der Waals surface area contributed by atoms with Crippen LogP contribution in [0.3, 0.4) is 0 Å². The van der Waals surface area contributed by atoms with Crippen LogP contribution in [0.1, 0.15) is 21.7 Å². The van der Waals surface area contributed by atoms with Gasteiger partial charge in [0, 0.05) is 7.11 Å². The molecule has 6 nitrogen and oxygen atoms in total. The van der Waals surface area contributed by atoms with Crippen LogP contribution in [0.15, 0.2) is 34.9 Å². The van der Waals surface area contributed by atoms with Gasteiger partial charge in [0.05, 0.1) is 24.4 Å².